The summed E-state index contributed by atoms with van der Waals surface area (Å²) in [4.78, 5) is 0.161. The van der Waals surface area contributed by atoms with Crippen molar-refractivity contribution in [3.8, 4) is 5.69 Å². The van der Waals surface area contributed by atoms with E-state index in [1.165, 1.54) is 16.7 Å². The van der Waals surface area contributed by atoms with Crippen LogP contribution in [0.25, 0.3) is 5.69 Å². The van der Waals surface area contributed by atoms with E-state index in [-0.39, 0.29) is 4.83 Å². The van der Waals surface area contributed by atoms with Crippen LogP contribution in [0.3, 0.4) is 0 Å². The van der Waals surface area contributed by atoms with Crippen LogP contribution >= 0.6 is 15.9 Å². The molecule has 3 rings (SSSR count). The van der Waals surface area contributed by atoms with Crippen LogP contribution in [-0.4, -0.2) is 9.78 Å². The van der Waals surface area contributed by atoms with Crippen LogP contribution in [0, 0.1) is 13.8 Å². The second-order valence-electron chi connectivity index (χ2n) is 5.34. The number of hydrogen-bond donors (Lipinski definition) is 0. The van der Waals surface area contributed by atoms with Gasteiger partial charge in [0.2, 0.25) is 0 Å². The molecule has 0 saturated carbocycles. The predicted molar refractivity (Wildman–Crippen MR) is 90.3 cm³/mol. The number of hydrogen-bond acceptors (Lipinski definition) is 1. The molecule has 106 valence electrons. The predicted octanol–water partition coefficient (Wildman–Crippen LogP) is 4.97. The summed E-state index contributed by atoms with van der Waals surface area (Å²) < 4.78 is 1.91. The molecule has 0 bridgehead atoms. The van der Waals surface area contributed by atoms with E-state index in [1.807, 2.05) is 29.1 Å². The van der Waals surface area contributed by atoms with Crippen LogP contribution in [0.2, 0.25) is 0 Å². The average molecular weight is 341 g/mol. The maximum Gasteiger partial charge on any atom is 0.0675 e. The summed E-state index contributed by atoms with van der Waals surface area (Å²) in [5, 5.41) is 4.46. The summed E-state index contributed by atoms with van der Waals surface area (Å²) in [6.07, 6.45) is 4.00. The van der Waals surface area contributed by atoms with Gasteiger partial charge in [-0.3, -0.25) is 0 Å². The molecule has 0 saturated heterocycles. The van der Waals surface area contributed by atoms with Crippen molar-refractivity contribution in [2.75, 3.05) is 0 Å². The molecule has 1 unspecified atom stereocenters. The highest BCUT2D eigenvalue weighted by Crippen LogP contribution is 2.31. The lowest BCUT2D eigenvalue weighted by Gasteiger charge is -2.10. The number of aromatic nitrogens is 2. The second-order valence-corrected chi connectivity index (χ2v) is 6.25. The molecule has 2 nitrogen and oxygen atoms in total. The summed E-state index contributed by atoms with van der Waals surface area (Å²) in [6, 6.07) is 16.8. The number of nitrogens with zero attached hydrogens (tertiary/aromatic N) is 2. The normalized spacial score (nSPS) is 12.3. The lowest BCUT2D eigenvalue weighted by molar-refractivity contribution is 0.880. The van der Waals surface area contributed by atoms with Gasteiger partial charge in [-0.15, -0.1) is 0 Å². The molecule has 0 fully saturated rings. The van der Waals surface area contributed by atoms with Crippen molar-refractivity contribution in [3.63, 3.8) is 0 Å². The highest BCUT2D eigenvalue weighted by atomic mass is 79.9. The van der Waals surface area contributed by atoms with E-state index in [9.17, 15) is 0 Å². The van der Waals surface area contributed by atoms with Gasteiger partial charge >= 0.3 is 0 Å². The number of aryl methyl sites for hydroxylation is 2. The van der Waals surface area contributed by atoms with Crippen LogP contribution in [0.15, 0.2) is 60.9 Å². The van der Waals surface area contributed by atoms with E-state index in [2.05, 4.69) is 71.4 Å². The maximum atomic E-state index is 4.46. The third kappa shape index (κ3) is 3.08. The largest absolute Gasteiger partial charge is 0.241 e. The van der Waals surface area contributed by atoms with E-state index in [4.69, 9.17) is 0 Å². The zero-order valence-corrected chi connectivity index (χ0v) is 13.7. The number of rotatable bonds is 3. The first-order valence-corrected chi connectivity index (χ1v) is 7.87. The van der Waals surface area contributed by atoms with Gasteiger partial charge in [-0.25, -0.2) is 4.68 Å². The SMILES string of the molecule is Cc1cc(C)cc(C(Br)c2cnn(-c3ccccc3)c2)c1. The average Bonchev–Trinajstić information content (AvgIpc) is 2.96. The number of benzene rings is 2. The smallest absolute Gasteiger partial charge is 0.0675 e. The first-order chi connectivity index (χ1) is 10.1. The Morgan fingerprint density at radius 2 is 1.62 bits per heavy atom. The van der Waals surface area contributed by atoms with Gasteiger partial charge < -0.3 is 0 Å². The number of halogens is 1. The molecule has 0 amide bonds. The fourth-order valence-corrected chi connectivity index (χ4v) is 3.04. The van der Waals surface area contributed by atoms with Gasteiger partial charge in [0.1, 0.15) is 0 Å². The summed E-state index contributed by atoms with van der Waals surface area (Å²) in [5.41, 5.74) is 6.06. The molecule has 0 spiro atoms. The van der Waals surface area contributed by atoms with Gasteiger partial charge in [-0.05, 0) is 31.5 Å². The van der Waals surface area contributed by atoms with E-state index >= 15 is 0 Å². The summed E-state index contributed by atoms with van der Waals surface area (Å²) in [5.74, 6) is 0. The Hall–Kier alpha value is -1.87. The molecule has 1 aromatic heterocycles. The van der Waals surface area contributed by atoms with Crippen molar-refractivity contribution in [1.29, 1.82) is 0 Å². The van der Waals surface area contributed by atoms with Crippen molar-refractivity contribution >= 4 is 15.9 Å². The molecule has 0 aliphatic rings. The molecule has 21 heavy (non-hydrogen) atoms. The van der Waals surface area contributed by atoms with Crippen LogP contribution < -0.4 is 0 Å². The molecule has 0 N–H and O–H groups in total. The first kappa shape index (κ1) is 14.1. The molecule has 1 atom stereocenters. The van der Waals surface area contributed by atoms with Gasteiger partial charge in [0, 0.05) is 11.8 Å². The van der Waals surface area contributed by atoms with Crippen molar-refractivity contribution < 1.29 is 0 Å². The first-order valence-electron chi connectivity index (χ1n) is 6.96. The Morgan fingerprint density at radius 1 is 0.952 bits per heavy atom. The Morgan fingerprint density at radius 3 is 2.29 bits per heavy atom. The highest BCUT2D eigenvalue weighted by Gasteiger charge is 2.13. The van der Waals surface area contributed by atoms with Crippen LogP contribution in [0.5, 0.6) is 0 Å². The van der Waals surface area contributed by atoms with Gasteiger partial charge in [0.25, 0.3) is 0 Å². The molecule has 0 aliphatic heterocycles. The highest BCUT2D eigenvalue weighted by molar-refractivity contribution is 9.09. The van der Waals surface area contributed by atoms with Crippen LogP contribution in [-0.2, 0) is 0 Å². The Balaban J connectivity index is 1.92. The quantitative estimate of drug-likeness (QED) is 0.615. The van der Waals surface area contributed by atoms with Gasteiger partial charge in [-0.1, -0.05) is 63.5 Å². The van der Waals surface area contributed by atoms with E-state index in [0.29, 0.717) is 0 Å². The lowest BCUT2D eigenvalue weighted by atomic mass is 10.0. The van der Waals surface area contributed by atoms with Crippen molar-refractivity contribution in [2.45, 2.75) is 18.7 Å². The summed E-state index contributed by atoms with van der Waals surface area (Å²) >= 11 is 3.79. The minimum atomic E-state index is 0.161. The van der Waals surface area contributed by atoms with Gasteiger partial charge in [0.05, 0.1) is 16.7 Å². The lowest BCUT2D eigenvalue weighted by Crippen LogP contribution is -1.95. The van der Waals surface area contributed by atoms with Gasteiger partial charge in [0.15, 0.2) is 0 Å². The zero-order chi connectivity index (χ0) is 14.8. The van der Waals surface area contributed by atoms with Crippen LogP contribution in [0.1, 0.15) is 27.1 Å². The molecule has 3 heteroatoms. The third-order valence-corrected chi connectivity index (χ3v) is 4.51. The fourth-order valence-electron chi connectivity index (χ4n) is 2.54. The van der Waals surface area contributed by atoms with Crippen molar-refractivity contribution in [3.05, 3.63) is 83.2 Å². The number of alkyl halides is 1. The molecule has 3 aromatic rings. The monoisotopic (exact) mass is 340 g/mol. The standard InChI is InChI=1S/C18H17BrN2/c1-13-8-14(2)10-15(9-13)18(19)16-11-20-21(12-16)17-6-4-3-5-7-17/h3-12,18H,1-2H3. The number of para-hydroxylation sites is 1. The summed E-state index contributed by atoms with van der Waals surface area (Å²) in [7, 11) is 0. The molecular formula is C18H17BrN2. The Bertz CT molecular complexity index is 727. The molecule has 2 aromatic carbocycles. The third-order valence-electron chi connectivity index (χ3n) is 3.45. The maximum absolute atomic E-state index is 4.46. The zero-order valence-electron chi connectivity index (χ0n) is 12.1. The second kappa shape index (κ2) is 5.86. The van der Waals surface area contributed by atoms with Crippen molar-refractivity contribution in [2.24, 2.45) is 0 Å². The van der Waals surface area contributed by atoms with Gasteiger partial charge in [-0.2, -0.15) is 5.10 Å². The van der Waals surface area contributed by atoms with Crippen LogP contribution in [0.4, 0.5) is 0 Å². The Kier molecular flexibility index (Phi) is 3.93. The van der Waals surface area contributed by atoms with Crippen molar-refractivity contribution in [1.82, 2.24) is 9.78 Å². The molecule has 1 heterocycles. The van der Waals surface area contributed by atoms with E-state index < -0.39 is 0 Å². The van der Waals surface area contributed by atoms with E-state index in [1.54, 1.807) is 0 Å². The topological polar surface area (TPSA) is 17.8 Å². The molecule has 0 radical (unpaired) electrons. The summed E-state index contributed by atoms with van der Waals surface area (Å²) in [6.45, 7) is 4.26. The minimum Gasteiger partial charge on any atom is -0.241 e. The van der Waals surface area contributed by atoms with E-state index in [0.717, 1.165) is 11.3 Å². The molecular weight excluding hydrogens is 324 g/mol. The fraction of sp³-hybridized carbons (Fsp3) is 0.167. The minimum absolute atomic E-state index is 0.161. The molecule has 0 aliphatic carbocycles. The Labute approximate surface area is 133 Å².